The smallest absolute Gasteiger partial charge is 0.351 e. The summed E-state index contributed by atoms with van der Waals surface area (Å²) in [5.41, 5.74) is 4.27. The van der Waals surface area contributed by atoms with Gasteiger partial charge in [0.1, 0.15) is 24.0 Å². The molecule has 228 valence electrons. The number of halogens is 2. The van der Waals surface area contributed by atoms with Crippen molar-refractivity contribution in [1.29, 1.82) is 0 Å². The number of esters is 2. The highest BCUT2D eigenvalue weighted by Crippen LogP contribution is 2.46. The molecule has 0 aliphatic carbocycles. The molecule has 0 bridgehead atoms. The van der Waals surface area contributed by atoms with Crippen molar-refractivity contribution < 1.29 is 46.8 Å². The first-order valence-corrected chi connectivity index (χ1v) is 14.2. The maximum Gasteiger partial charge on any atom is 0.351 e. The lowest BCUT2D eigenvalue weighted by molar-refractivity contribution is -0.143. The SMILES string of the molecule is COC(=O)[C@H](CC(C)C)NP(=O)(N[C@@H](CC(C)C)C(=O)OC)OC[C@H]1O[C@@H](n2ccc(N)nc2=O)C(F)(F)[C@@H]1O. The third-order valence-electron chi connectivity index (χ3n) is 5.94. The lowest BCUT2D eigenvalue weighted by atomic mass is 10.1. The van der Waals surface area contributed by atoms with E-state index >= 15 is 0 Å². The molecule has 0 spiro atoms. The molecule has 2 heterocycles. The van der Waals surface area contributed by atoms with E-state index in [0.29, 0.717) is 4.57 Å². The number of nitrogens with one attached hydrogen (secondary N) is 2. The third-order valence-corrected chi connectivity index (χ3v) is 7.76. The summed E-state index contributed by atoms with van der Waals surface area (Å²) in [6.07, 6.45) is -5.33. The van der Waals surface area contributed by atoms with E-state index < -0.39 is 68.3 Å². The van der Waals surface area contributed by atoms with E-state index in [9.17, 15) is 32.8 Å². The minimum atomic E-state index is -4.44. The van der Waals surface area contributed by atoms with Gasteiger partial charge in [0.15, 0.2) is 6.10 Å². The summed E-state index contributed by atoms with van der Waals surface area (Å²) in [6.45, 7) is 6.29. The summed E-state index contributed by atoms with van der Waals surface area (Å²) in [6, 6.07) is -1.25. The van der Waals surface area contributed by atoms with Gasteiger partial charge in [-0.05, 0) is 30.7 Å². The molecular weight excluding hydrogens is 559 g/mol. The number of carbonyl (C=O) groups excluding carboxylic acids is 2. The number of aliphatic hydroxyl groups is 1. The van der Waals surface area contributed by atoms with E-state index in [2.05, 4.69) is 15.2 Å². The molecule has 1 aliphatic rings. The molecule has 1 aliphatic heterocycles. The Labute approximate surface area is 230 Å². The van der Waals surface area contributed by atoms with Gasteiger partial charge in [-0.15, -0.1) is 0 Å². The molecule has 1 saturated heterocycles. The molecule has 5 atom stereocenters. The number of hydrogen-bond donors (Lipinski definition) is 4. The maximum atomic E-state index is 15.0. The monoisotopic (exact) mass is 597 g/mol. The molecule has 14 nitrogen and oxygen atoms in total. The summed E-state index contributed by atoms with van der Waals surface area (Å²) in [5.74, 6) is -5.91. The molecule has 1 fully saturated rings. The van der Waals surface area contributed by atoms with Crippen molar-refractivity contribution in [3.8, 4) is 0 Å². The topological polar surface area (TPSA) is 193 Å². The van der Waals surface area contributed by atoms with Crippen LogP contribution in [0.25, 0.3) is 0 Å². The minimum absolute atomic E-state index is 0.0802. The predicted molar refractivity (Wildman–Crippen MR) is 138 cm³/mol. The lowest BCUT2D eigenvalue weighted by Crippen LogP contribution is -2.46. The van der Waals surface area contributed by atoms with Crippen molar-refractivity contribution in [2.24, 2.45) is 11.8 Å². The fraction of sp³-hybridized carbons (Fsp3) is 0.739. The molecule has 0 radical (unpaired) electrons. The first kappa shape index (κ1) is 33.7. The second kappa shape index (κ2) is 13.9. The lowest BCUT2D eigenvalue weighted by Gasteiger charge is -2.30. The highest BCUT2D eigenvalue weighted by atomic mass is 31.2. The van der Waals surface area contributed by atoms with Crippen LogP contribution in [-0.4, -0.2) is 77.6 Å². The number of aliphatic hydroxyl groups excluding tert-OH is 1. The number of alkyl halides is 2. The second-order valence-corrected chi connectivity index (χ2v) is 12.1. The summed E-state index contributed by atoms with van der Waals surface area (Å²) in [7, 11) is -2.18. The quantitative estimate of drug-likeness (QED) is 0.177. The van der Waals surface area contributed by atoms with Crippen LogP contribution in [0.4, 0.5) is 14.6 Å². The highest BCUT2D eigenvalue weighted by molar-refractivity contribution is 7.54. The van der Waals surface area contributed by atoms with E-state index in [0.717, 1.165) is 26.5 Å². The van der Waals surface area contributed by atoms with Gasteiger partial charge < -0.3 is 29.6 Å². The summed E-state index contributed by atoms with van der Waals surface area (Å²) in [4.78, 5) is 40.4. The van der Waals surface area contributed by atoms with E-state index in [1.165, 1.54) is 0 Å². The summed E-state index contributed by atoms with van der Waals surface area (Å²) in [5, 5.41) is 15.4. The molecule has 17 heteroatoms. The molecule has 2 rings (SSSR count). The normalized spacial score (nSPS) is 22.3. The predicted octanol–water partition coefficient (Wildman–Crippen LogP) is 1.20. The standard InChI is InChI=1S/C23H38F2N5O9P/c1-12(2)9-14(19(32)36-5)28-40(35,29-15(10-13(3)4)20(33)37-6)38-11-16-18(31)23(24,25)21(39-16)30-8-7-17(26)27-22(30)34/h7-8,12-16,18,21,31H,9-11H2,1-6H3,(H2,26,27,34)(H2,28,29,35)/t14-,15-,16+,18+,21+/m0/s1. The summed E-state index contributed by atoms with van der Waals surface area (Å²) < 4.78 is 64.8. The van der Waals surface area contributed by atoms with Crippen LogP contribution >= 0.6 is 7.67 Å². The van der Waals surface area contributed by atoms with Gasteiger partial charge in [0.25, 0.3) is 0 Å². The average Bonchev–Trinajstić information content (AvgIpc) is 3.08. The number of nitrogens with zero attached hydrogens (tertiary/aromatic N) is 2. The highest BCUT2D eigenvalue weighted by Gasteiger charge is 2.60. The Hall–Kier alpha value is -2.49. The Morgan fingerprint density at radius 2 is 1.65 bits per heavy atom. The average molecular weight is 598 g/mol. The van der Waals surface area contributed by atoms with Gasteiger partial charge in [-0.2, -0.15) is 13.8 Å². The van der Waals surface area contributed by atoms with Gasteiger partial charge in [0, 0.05) is 6.20 Å². The van der Waals surface area contributed by atoms with Crippen molar-refractivity contribution >= 4 is 25.4 Å². The van der Waals surface area contributed by atoms with Crippen LogP contribution in [0.15, 0.2) is 17.1 Å². The fourth-order valence-electron chi connectivity index (χ4n) is 4.04. The molecule has 0 unspecified atom stereocenters. The molecule has 0 amide bonds. The Morgan fingerprint density at radius 1 is 1.15 bits per heavy atom. The number of rotatable bonds is 14. The van der Waals surface area contributed by atoms with Crippen molar-refractivity contribution in [2.75, 3.05) is 26.6 Å². The van der Waals surface area contributed by atoms with Gasteiger partial charge in [0.05, 0.1) is 20.8 Å². The Morgan fingerprint density at radius 3 is 2.08 bits per heavy atom. The van der Waals surface area contributed by atoms with Gasteiger partial charge in [-0.1, -0.05) is 27.7 Å². The van der Waals surface area contributed by atoms with E-state index in [1.54, 1.807) is 27.7 Å². The number of anilines is 1. The number of aromatic nitrogens is 2. The zero-order valence-electron chi connectivity index (χ0n) is 23.2. The number of nitrogens with two attached hydrogens (primary N) is 1. The van der Waals surface area contributed by atoms with Crippen molar-refractivity contribution in [1.82, 2.24) is 19.7 Å². The molecule has 5 N–H and O–H groups in total. The van der Waals surface area contributed by atoms with Crippen LogP contribution < -0.4 is 21.6 Å². The third kappa shape index (κ3) is 8.51. The largest absolute Gasteiger partial charge is 0.468 e. The number of methoxy groups -OCH3 is 2. The van der Waals surface area contributed by atoms with E-state index in [4.69, 9.17) is 24.5 Å². The number of nitrogen functional groups attached to an aromatic ring is 1. The van der Waals surface area contributed by atoms with Crippen molar-refractivity contribution in [2.45, 2.75) is 77.0 Å². The van der Waals surface area contributed by atoms with Crippen molar-refractivity contribution in [3.05, 3.63) is 22.7 Å². The van der Waals surface area contributed by atoms with Crippen molar-refractivity contribution in [3.63, 3.8) is 0 Å². The molecule has 40 heavy (non-hydrogen) atoms. The fourth-order valence-corrected chi connectivity index (χ4v) is 5.86. The Balaban J connectivity index is 2.38. The zero-order chi connectivity index (χ0) is 30.4. The van der Waals surface area contributed by atoms with Gasteiger partial charge in [0.2, 0.25) is 6.23 Å². The number of hydrogen-bond acceptors (Lipinski definition) is 11. The molecule has 0 aromatic carbocycles. The van der Waals surface area contributed by atoms with Crippen LogP contribution in [0, 0.1) is 11.8 Å². The van der Waals surface area contributed by atoms with Gasteiger partial charge in [-0.25, -0.2) is 15.0 Å². The van der Waals surface area contributed by atoms with Crippen LogP contribution in [-0.2, 0) is 32.9 Å². The summed E-state index contributed by atoms with van der Waals surface area (Å²) >= 11 is 0. The second-order valence-electron chi connectivity index (χ2n) is 10.2. The molecule has 1 aromatic rings. The number of ether oxygens (including phenoxy) is 3. The zero-order valence-corrected chi connectivity index (χ0v) is 24.1. The first-order chi connectivity index (χ1) is 18.5. The van der Waals surface area contributed by atoms with Crippen LogP contribution in [0.2, 0.25) is 0 Å². The molecule has 0 saturated carbocycles. The van der Waals surface area contributed by atoms with Gasteiger partial charge in [-0.3, -0.25) is 18.7 Å². The van der Waals surface area contributed by atoms with E-state index in [-0.39, 0.29) is 30.5 Å². The van der Waals surface area contributed by atoms with E-state index in [1.807, 2.05) is 0 Å². The Kier molecular flexibility index (Phi) is 11.7. The van der Waals surface area contributed by atoms with Crippen LogP contribution in [0.1, 0.15) is 46.8 Å². The number of carbonyl (C=O) groups is 2. The maximum absolute atomic E-state index is 15.0. The Bertz CT molecular complexity index is 1100. The van der Waals surface area contributed by atoms with Crippen LogP contribution in [0.5, 0.6) is 0 Å². The molecular formula is C23H38F2N5O9P. The first-order valence-electron chi connectivity index (χ1n) is 12.6. The minimum Gasteiger partial charge on any atom is -0.468 e. The van der Waals surface area contributed by atoms with Gasteiger partial charge >= 0.3 is 31.2 Å². The molecule has 1 aromatic heterocycles. The van der Waals surface area contributed by atoms with Crippen LogP contribution in [0.3, 0.4) is 0 Å².